The zero-order chi connectivity index (χ0) is 16.0. The Hall–Kier alpha value is -1.89. The second-order valence-electron chi connectivity index (χ2n) is 4.84. The van der Waals surface area contributed by atoms with E-state index >= 15 is 0 Å². The molecule has 0 saturated carbocycles. The minimum absolute atomic E-state index is 0.316. The lowest BCUT2D eigenvalue weighted by Gasteiger charge is -2.28. The lowest BCUT2D eigenvalue weighted by molar-refractivity contribution is -0.150. The lowest BCUT2D eigenvalue weighted by atomic mass is 9.98. The number of carbonyl (C=O) groups is 3. The van der Waals surface area contributed by atoms with Crippen molar-refractivity contribution in [2.24, 2.45) is 0 Å². The Morgan fingerprint density at radius 1 is 1.43 bits per heavy atom. The number of methoxy groups -OCH3 is 1. The zero-order valence-corrected chi connectivity index (χ0v) is 13.4. The van der Waals surface area contributed by atoms with E-state index in [0.29, 0.717) is 11.3 Å². The van der Waals surface area contributed by atoms with Crippen LogP contribution < -0.4 is 10.6 Å². The van der Waals surface area contributed by atoms with Gasteiger partial charge in [0.25, 0.3) is 5.91 Å². The summed E-state index contributed by atoms with van der Waals surface area (Å²) in [4.78, 5) is 36.2. The summed E-state index contributed by atoms with van der Waals surface area (Å²) < 4.78 is 4.69. The zero-order valence-electron chi connectivity index (χ0n) is 12.6. The van der Waals surface area contributed by atoms with Gasteiger partial charge in [0, 0.05) is 0 Å². The molecular formula is C14H20N2O4S. The first-order valence-corrected chi connectivity index (χ1v) is 7.46. The van der Waals surface area contributed by atoms with E-state index in [-0.39, 0.29) is 5.91 Å². The molecule has 0 aliphatic heterocycles. The van der Waals surface area contributed by atoms with Crippen molar-refractivity contribution in [1.82, 2.24) is 10.6 Å². The molecule has 0 aromatic carbocycles. The minimum atomic E-state index is -1.10. The molecular weight excluding hydrogens is 292 g/mol. The van der Waals surface area contributed by atoms with E-state index in [4.69, 9.17) is 0 Å². The highest BCUT2D eigenvalue weighted by molar-refractivity contribution is 7.12. The predicted molar refractivity (Wildman–Crippen MR) is 80.1 cm³/mol. The number of hydrogen-bond donors (Lipinski definition) is 2. The van der Waals surface area contributed by atoms with Crippen LogP contribution in [-0.4, -0.2) is 36.5 Å². The molecule has 0 bridgehead atoms. The van der Waals surface area contributed by atoms with Crippen LogP contribution in [0.15, 0.2) is 17.5 Å². The molecule has 1 heterocycles. The molecule has 116 valence electrons. The van der Waals surface area contributed by atoms with Crippen molar-refractivity contribution in [3.63, 3.8) is 0 Å². The number of ether oxygens (including phenoxy) is 1. The van der Waals surface area contributed by atoms with Crippen molar-refractivity contribution in [2.75, 3.05) is 7.11 Å². The summed E-state index contributed by atoms with van der Waals surface area (Å²) in [6.07, 6.45) is 0.386. The molecule has 2 atom stereocenters. The van der Waals surface area contributed by atoms with E-state index < -0.39 is 23.5 Å². The van der Waals surface area contributed by atoms with Crippen molar-refractivity contribution in [3.8, 4) is 0 Å². The molecule has 0 saturated heterocycles. The summed E-state index contributed by atoms with van der Waals surface area (Å²) in [7, 11) is 1.27. The molecule has 0 aliphatic rings. The van der Waals surface area contributed by atoms with Crippen LogP contribution in [0.3, 0.4) is 0 Å². The maximum Gasteiger partial charge on any atom is 0.331 e. The number of esters is 1. The van der Waals surface area contributed by atoms with Crippen LogP contribution in [0.1, 0.15) is 36.9 Å². The SMILES string of the molecule is CC[C@@](C)(NC(=O)[C@@H](C)NC(=O)c1cccs1)C(=O)OC. The third-order valence-corrected chi connectivity index (χ3v) is 4.10. The normalized spacial score (nSPS) is 14.7. The third kappa shape index (κ3) is 4.29. The Labute approximate surface area is 127 Å². The molecule has 6 nitrogen and oxygen atoms in total. The Morgan fingerprint density at radius 2 is 2.10 bits per heavy atom. The average Bonchev–Trinajstić information content (AvgIpc) is 3.00. The van der Waals surface area contributed by atoms with Gasteiger partial charge >= 0.3 is 5.97 Å². The fraction of sp³-hybridized carbons (Fsp3) is 0.500. The monoisotopic (exact) mass is 312 g/mol. The minimum Gasteiger partial charge on any atom is -0.467 e. The molecule has 1 aromatic rings. The Kier molecular flexibility index (Phi) is 5.90. The molecule has 0 aliphatic carbocycles. The number of thiophene rings is 1. The van der Waals surface area contributed by atoms with Gasteiger partial charge in [0.05, 0.1) is 12.0 Å². The van der Waals surface area contributed by atoms with Crippen molar-refractivity contribution in [2.45, 2.75) is 38.8 Å². The highest BCUT2D eigenvalue weighted by atomic mass is 32.1. The molecule has 0 fully saturated rings. The van der Waals surface area contributed by atoms with Crippen LogP contribution in [-0.2, 0) is 14.3 Å². The van der Waals surface area contributed by atoms with Gasteiger partial charge in [-0.3, -0.25) is 9.59 Å². The average molecular weight is 312 g/mol. The van der Waals surface area contributed by atoms with Gasteiger partial charge in [0.15, 0.2) is 0 Å². The van der Waals surface area contributed by atoms with E-state index in [1.807, 2.05) is 0 Å². The quantitative estimate of drug-likeness (QED) is 0.776. The van der Waals surface area contributed by atoms with Gasteiger partial charge < -0.3 is 15.4 Å². The van der Waals surface area contributed by atoms with E-state index in [9.17, 15) is 14.4 Å². The lowest BCUT2D eigenvalue weighted by Crippen LogP contribution is -2.57. The molecule has 0 radical (unpaired) electrons. The Morgan fingerprint density at radius 3 is 2.57 bits per heavy atom. The molecule has 0 unspecified atom stereocenters. The summed E-state index contributed by atoms with van der Waals surface area (Å²) in [5.74, 6) is -1.27. The smallest absolute Gasteiger partial charge is 0.331 e. The van der Waals surface area contributed by atoms with Crippen LogP contribution in [0.5, 0.6) is 0 Å². The number of hydrogen-bond acceptors (Lipinski definition) is 5. The largest absolute Gasteiger partial charge is 0.467 e. The van der Waals surface area contributed by atoms with Gasteiger partial charge in [-0.05, 0) is 31.7 Å². The Bertz CT molecular complexity index is 515. The molecule has 2 amide bonds. The van der Waals surface area contributed by atoms with Crippen LogP contribution in [0.25, 0.3) is 0 Å². The highest BCUT2D eigenvalue weighted by Crippen LogP contribution is 2.12. The van der Waals surface area contributed by atoms with Gasteiger partial charge in [-0.15, -0.1) is 11.3 Å². The third-order valence-electron chi connectivity index (χ3n) is 3.23. The number of carbonyl (C=O) groups excluding carboxylic acids is 3. The fourth-order valence-electron chi connectivity index (χ4n) is 1.63. The number of rotatable bonds is 6. The first-order chi connectivity index (χ1) is 9.84. The molecule has 2 N–H and O–H groups in total. The van der Waals surface area contributed by atoms with E-state index in [2.05, 4.69) is 15.4 Å². The van der Waals surface area contributed by atoms with Gasteiger partial charge in [-0.1, -0.05) is 13.0 Å². The summed E-state index contributed by atoms with van der Waals surface area (Å²) in [6, 6.07) is 2.68. The van der Waals surface area contributed by atoms with Gasteiger partial charge in [-0.25, -0.2) is 4.79 Å². The summed E-state index contributed by atoms with van der Waals surface area (Å²) in [5.41, 5.74) is -1.10. The molecule has 21 heavy (non-hydrogen) atoms. The van der Waals surface area contributed by atoms with Crippen molar-refractivity contribution >= 4 is 29.1 Å². The first-order valence-electron chi connectivity index (χ1n) is 6.59. The Balaban J connectivity index is 2.66. The van der Waals surface area contributed by atoms with E-state index in [1.54, 1.807) is 38.3 Å². The van der Waals surface area contributed by atoms with Gasteiger partial charge in [0.1, 0.15) is 11.6 Å². The maximum atomic E-state index is 12.1. The van der Waals surface area contributed by atoms with Crippen molar-refractivity contribution in [3.05, 3.63) is 22.4 Å². The van der Waals surface area contributed by atoms with Gasteiger partial charge in [-0.2, -0.15) is 0 Å². The van der Waals surface area contributed by atoms with Crippen molar-refractivity contribution < 1.29 is 19.1 Å². The van der Waals surface area contributed by atoms with Crippen LogP contribution in [0.2, 0.25) is 0 Å². The van der Waals surface area contributed by atoms with Gasteiger partial charge in [0.2, 0.25) is 5.91 Å². The maximum absolute atomic E-state index is 12.1. The molecule has 7 heteroatoms. The summed E-state index contributed by atoms with van der Waals surface area (Å²) in [5, 5.41) is 7.00. The number of amides is 2. The number of nitrogens with one attached hydrogen (secondary N) is 2. The van der Waals surface area contributed by atoms with Crippen LogP contribution in [0.4, 0.5) is 0 Å². The molecule has 1 aromatic heterocycles. The second kappa shape index (κ2) is 7.21. The highest BCUT2D eigenvalue weighted by Gasteiger charge is 2.35. The molecule has 0 spiro atoms. The first kappa shape index (κ1) is 17.2. The fourth-order valence-corrected chi connectivity index (χ4v) is 2.26. The second-order valence-corrected chi connectivity index (χ2v) is 5.79. The predicted octanol–water partition coefficient (Wildman–Crippen LogP) is 1.32. The summed E-state index contributed by atoms with van der Waals surface area (Å²) >= 11 is 1.29. The van der Waals surface area contributed by atoms with Crippen molar-refractivity contribution in [1.29, 1.82) is 0 Å². The summed E-state index contributed by atoms with van der Waals surface area (Å²) in [6.45, 7) is 4.92. The standard InChI is InChI=1S/C14H20N2O4S/c1-5-14(3,13(19)20-4)16-11(17)9(2)15-12(18)10-7-6-8-21-10/h6-9H,5H2,1-4H3,(H,15,18)(H,16,17)/t9-,14-/m1/s1. The van der Waals surface area contributed by atoms with Crippen LogP contribution >= 0.6 is 11.3 Å². The topological polar surface area (TPSA) is 84.5 Å². The van der Waals surface area contributed by atoms with E-state index in [1.165, 1.54) is 18.4 Å². The van der Waals surface area contributed by atoms with E-state index in [0.717, 1.165) is 0 Å². The molecule has 1 rings (SSSR count). The van der Waals surface area contributed by atoms with Crippen LogP contribution in [0, 0.1) is 0 Å².